The van der Waals surface area contributed by atoms with Gasteiger partial charge in [0.25, 0.3) is 0 Å². The van der Waals surface area contributed by atoms with Gasteiger partial charge in [-0.05, 0) is 29.2 Å². The van der Waals surface area contributed by atoms with E-state index in [1.54, 1.807) is 18.9 Å². The number of hydrogen-bond acceptors (Lipinski definition) is 4. The van der Waals surface area contributed by atoms with Crippen molar-refractivity contribution >= 4 is 11.8 Å². The maximum Gasteiger partial charge on any atom is 0.191 e. The highest BCUT2D eigenvalue weighted by Gasteiger charge is 2.14. The molecule has 2 aromatic carbocycles. The van der Waals surface area contributed by atoms with Crippen LogP contribution < -0.4 is 4.74 Å². The first-order chi connectivity index (χ1) is 12.1. The van der Waals surface area contributed by atoms with Crippen molar-refractivity contribution in [3.63, 3.8) is 0 Å². The van der Waals surface area contributed by atoms with Crippen molar-refractivity contribution in [2.45, 2.75) is 30.7 Å². The molecule has 130 valence electrons. The molecule has 0 saturated carbocycles. The SMILES string of the molecule is COc1ccccc1-c1nnc(SCc2ccc(C(C)C)cc2)n1C. The summed E-state index contributed by atoms with van der Waals surface area (Å²) in [6, 6.07) is 16.7. The van der Waals surface area contributed by atoms with Crippen LogP contribution in [0.25, 0.3) is 11.4 Å². The van der Waals surface area contributed by atoms with Crippen LogP contribution in [0.15, 0.2) is 53.7 Å². The molecule has 0 saturated heterocycles. The summed E-state index contributed by atoms with van der Waals surface area (Å²) >= 11 is 1.69. The second kappa shape index (κ2) is 7.74. The molecule has 3 rings (SSSR count). The zero-order valence-corrected chi connectivity index (χ0v) is 15.9. The van der Waals surface area contributed by atoms with E-state index in [0.29, 0.717) is 5.92 Å². The van der Waals surface area contributed by atoms with E-state index in [-0.39, 0.29) is 0 Å². The topological polar surface area (TPSA) is 39.9 Å². The van der Waals surface area contributed by atoms with Crippen molar-refractivity contribution in [1.82, 2.24) is 14.8 Å². The minimum absolute atomic E-state index is 0.559. The molecule has 0 atom stereocenters. The number of thioether (sulfide) groups is 1. The summed E-state index contributed by atoms with van der Waals surface area (Å²) in [4.78, 5) is 0. The number of rotatable bonds is 6. The number of aromatic nitrogens is 3. The minimum atomic E-state index is 0.559. The summed E-state index contributed by atoms with van der Waals surface area (Å²) in [6.07, 6.45) is 0. The van der Waals surface area contributed by atoms with Crippen molar-refractivity contribution in [2.75, 3.05) is 7.11 Å². The highest BCUT2D eigenvalue weighted by atomic mass is 32.2. The average Bonchev–Trinajstić information content (AvgIpc) is 3.00. The summed E-state index contributed by atoms with van der Waals surface area (Å²) in [5, 5.41) is 9.60. The van der Waals surface area contributed by atoms with Crippen molar-refractivity contribution in [3.05, 3.63) is 59.7 Å². The molecule has 4 nitrogen and oxygen atoms in total. The first-order valence-corrected chi connectivity index (χ1v) is 9.33. The Morgan fingerprint density at radius 1 is 1.04 bits per heavy atom. The minimum Gasteiger partial charge on any atom is -0.496 e. The maximum absolute atomic E-state index is 5.44. The van der Waals surface area contributed by atoms with Crippen LogP contribution in [0.4, 0.5) is 0 Å². The first kappa shape index (κ1) is 17.5. The predicted molar refractivity (Wildman–Crippen MR) is 103 cm³/mol. The zero-order valence-electron chi connectivity index (χ0n) is 15.1. The highest BCUT2D eigenvalue weighted by Crippen LogP contribution is 2.31. The number of nitrogens with zero attached hydrogens (tertiary/aromatic N) is 3. The van der Waals surface area contributed by atoms with Gasteiger partial charge in [0.15, 0.2) is 11.0 Å². The number of hydrogen-bond donors (Lipinski definition) is 0. The lowest BCUT2D eigenvalue weighted by molar-refractivity contribution is 0.416. The lowest BCUT2D eigenvalue weighted by Crippen LogP contribution is -1.97. The summed E-state index contributed by atoms with van der Waals surface area (Å²) in [5.74, 6) is 3.05. The monoisotopic (exact) mass is 353 g/mol. The summed E-state index contributed by atoms with van der Waals surface area (Å²) in [6.45, 7) is 4.42. The molecular weight excluding hydrogens is 330 g/mol. The van der Waals surface area contributed by atoms with E-state index in [4.69, 9.17) is 4.74 Å². The van der Waals surface area contributed by atoms with Gasteiger partial charge >= 0.3 is 0 Å². The van der Waals surface area contributed by atoms with E-state index in [0.717, 1.165) is 28.0 Å². The molecular formula is C20H23N3OS. The summed E-state index contributed by atoms with van der Waals surface area (Å²) in [5.41, 5.74) is 3.61. The third-order valence-corrected chi connectivity index (χ3v) is 5.29. The van der Waals surface area contributed by atoms with Gasteiger partial charge < -0.3 is 9.30 Å². The Morgan fingerprint density at radius 2 is 1.76 bits per heavy atom. The van der Waals surface area contributed by atoms with Crippen LogP contribution >= 0.6 is 11.8 Å². The third-order valence-electron chi connectivity index (χ3n) is 4.20. The molecule has 0 spiro atoms. The lowest BCUT2D eigenvalue weighted by atomic mass is 10.0. The van der Waals surface area contributed by atoms with Gasteiger partial charge in [-0.25, -0.2) is 0 Å². The standard InChI is InChI=1S/C20H23N3OS/c1-14(2)16-11-9-15(10-12-16)13-25-20-22-21-19(23(20)3)17-7-5-6-8-18(17)24-4/h5-12,14H,13H2,1-4H3. The Kier molecular flexibility index (Phi) is 5.43. The summed E-state index contributed by atoms with van der Waals surface area (Å²) in [7, 11) is 3.66. The van der Waals surface area contributed by atoms with Crippen LogP contribution in [-0.4, -0.2) is 21.9 Å². The lowest BCUT2D eigenvalue weighted by Gasteiger charge is -2.08. The van der Waals surface area contributed by atoms with Gasteiger partial charge in [0.05, 0.1) is 12.7 Å². The van der Waals surface area contributed by atoms with Gasteiger partial charge in [-0.15, -0.1) is 10.2 Å². The first-order valence-electron chi connectivity index (χ1n) is 8.34. The molecule has 0 unspecified atom stereocenters. The van der Waals surface area contributed by atoms with E-state index >= 15 is 0 Å². The third kappa shape index (κ3) is 3.87. The van der Waals surface area contributed by atoms with Gasteiger partial charge in [-0.3, -0.25) is 0 Å². The Bertz CT molecular complexity index is 840. The molecule has 3 aromatic rings. The Balaban J connectivity index is 1.75. The van der Waals surface area contributed by atoms with Gasteiger partial charge in [-0.2, -0.15) is 0 Å². The predicted octanol–water partition coefficient (Wildman–Crippen LogP) is 4.91. The fourth-order valence-corrected chi connectivity index (χ4v) is 3.52. The molecule has 0 aliphatic rings. The summed E-state index contributed by atoms with van der Waals surface area (Å²) < 4.78 is 7.45. The fraction of sp³-hybridized carbons (Fsp3) is 0.300. The number of methoxy groups -OCH3 is 1. The van der Waals surface area contributed by atoms with Crippen molar-refractivity contribution in [1.29, 1.82) is 0 Å². The van der Waals surface area contributed by atoms with E-state index in [1.165, 1.54) is 11.1 Å². The van der Waals surface area contributed by atoms with E-state index in [2.05, 4.69) is 48.3 Å². The fourth-order valence-electron chi connectivity index (χ4n) is 2.65. The van der Waals surface area contributed by atoms with Crippen LogP contribution in [-0.2, 0) is 12.8 Å². The Hall–Kier alpha value is -2.27. The Morgan fingerprint density at radius 3 is 2.44 bits per heavy atom. The molecule has 0 bridgehead atoms. The molecule has 0 N–H and O–H groups in total. The van der Waals surface area contributed by atoms with Crippen LogP contribution in [0.5, 0.6) is 5.75 Å². The molecule has 0 amide bonds. The number of benzene rings is 2. The van der Waals surface area contributed by atoms with Gasteiger partial charge in [0.2, 0.25) is 0 Å². The van der Waals surface area contributed by atoms with Crippen LogP contribution in [0.2, 0.25) is 0 Å². The molecule has 1 aromatic heterocycles. The molecule has 0 radical (unpaired) electrons. The zero-order chi connectivity index (χ0) is 17.8. The van der Waals surface area contributed by atoms with Gasteiger partial charge in [0.1, 0.15) is 5.75 Å². The van der Waals surface area contributed by atoms with Crippen LogP contribution in [0.3, 0.4) is 0 Å². The smallest absolute Gasteiger partial charge is 0.191 e. The molecule has 5 heteroatoms. The van der Waals surface area contributed by atoms with E-state index in [9.17, 15) is 0 Å². The quantitative estimate of drug-likeness (QED) is 0.591. The largest absolute Gasteiger partial charge is 0.496 e. The molecule has 1 heterocycles. The number of para-hydroxylation sites is 1. The average molecular weight is 353 g/mol. The maximum atomic E-state index is 5.44. The molecule has 0 fully saturated rings. The molecule has 25 heavy (non-hydrogen) atoms. The Labute approximate surface area is 153 Å². The van der Waals surface area contributed by atoms with Crippen LogP contribution in [0, 0.1) is 0 Å². The van der Waals surface area contributed by atoms with Gasteiger partial charge in [0, 0.05) is 12.8 Å². The van der Waals surface area contributed by atoms with E-state index in [1.807, 2.05) is 35.9 Å². The van der Waals surface area contributed by atoms with E-state index < -0.39 is 0 Å². The molecule has 0 aliphatic heterocycles. The van der Waals surface area contributed by atoms with Gasteiger partial charge in [-0.1, -0.05) is 62.0 Å². The van der Waals surface area contributed by atoms with Crippen LogP contribution in [0.1, 0.15) is 30.9 Å². The second-order valence-electron chi connectivity index (χ2n) is 6.25. The van der Waals surface area contributed by atoms with Crippen molar-refractivity contribution < 1.29 is 4.74 Å². The second-order valence-corrected chi connectivity index (χ2v) is 7.19. The van der Waals surface area contributed by atoms with Crippen molar-refractivity contribution in [2.24, 2.45) is 7.05 Å². The molecule has 0 aliphatic carbocycles. The highest BCUT2D eigenvalue weighted by molar-refractivity contribution is 7.98. The van der Waals surface area contributed by atoms with Crippen molar-refractivity contribution in [3.8, 4) is 17.1 Å². The number of ether oxygens (including phenoxy) is 1. The normalized spacial score (nSPS) is 11.1.